The van der Waals surface area contributed by atoms with Gasteiger partial charge in [-0.05, 0) is 23.8 Å². The molecule has 0 saturated carbocycles. The number of nitro groups is 1. The van der Waals surface area contributed by atoms with E-state index in [2.05, 4.69) is 26.1 Å². The Morgan fingerprint density at radius 2 is 1.82 bits per heavy atom. The summed E-state index contributed by atoms with van der Waals surface area (Å²) in [6, 6.07) is 15.8. The molecular weight excluding hydrogens is 384 g/mol. The Hall–Kier alpha value is -3.72. The highest BCUT2D eigenvalue weighted by atomic mass is 35.5. The van der Waals surface area contributed by atoms with Crippen molar-refractivity contribution >= 4 is 40.5 Å². The van der Waals surface area contributed by atoms with Gasteiger partial charge in [0.15, 0.2) is 0 Å². The molecule has 3 rings (SSSR count). The van der Waals surface area contributed by atoms with Crippen molar-refractivity contribution in [2.24, 2.45) is 0 Å². The fraction of sp³-hybridized carbons (Fsp3) is 0.0556. The van der Waals surface area contributed by atoms with Gasteiger partial charge in [0.25, 0.3) is 0 Å². The van der Waals surface area contributed by atoms with Gasteiger partial charge in [-0.1, -0.05) is 48.0 Å². The first-order chi connectivity index (χ1) is 13.5. The molecule has 9 nitrogen and oxygen atoms in total. The van der Waals surface area contributed by atoms with Crippen LogP contribution < -0.4 is 16.2 Å². The second-order valence-corrected chi connectivity index (χ2v) is 6.08. The van der Waals surface area contributed by atoms with Crippen molar-refractivity contribution in [2.75, 3.05) is 10.7 Å². The molecule has 1 heterocycles. The van der Waals surface area contributed by atoms with E-state index in [0.29, 0.717) is 10.7 Å². The maximum atomic E-state index is 12.1. The molecule has 1 amide bonds. The third kappa shape index (κ3) is 4.92. The van der Waals surface area contributed by atoms with Gasteiger partial charge in [-0.2, -0.15) is 0 Å². The van der Waals surface area contributed by atoms with E-state index in [1.54, 1.807) is 36.4 Å². The maximum Gasteiger partial charge on any atom is 0.355 e. The van der Waals surface area contributed by atoms with Crippen LogP contribution in [0.15, 0.2) is 60.9 Å². The van der Waals surface area contributed by atoms with Gasteiger partial charge in [-0.25, -0.2) is 9.97 Å². The van der Waals surface area contributed by atoms with Crippen LogP contribution in [0.25, 0.3) is 0 Å². The highest BCUT2D eigenvalue weighted by Crippen LogP contribution is 2.31. The van der Waals surface area contributed by atoms with Crippen LogP contribution in [0.5, 0.6) is 0 Å². The molecule has 0 unspecified atom stereocenters. The molecular formula is C18H15ClN6O3. The number of nitrogens with zero attached hydrogens (tertiary/aromatic N) is 3. The van der Waals surface area contributed by atoms with E-state index in [1.165, 1.54) is 0 Å². The predicted molar refractivity (Wildman–Crippen MR) is 105 cm³/mol. The van der Waals surface area contributed by atoms with Crippen molar-refractivity contribution < 1.29 is 9.72 Å². The van der Waals surface area contributed by atoms with Crippen LogP contribution in [0.1, 0.15) is 5.56 Å². The van der Waals surface area contributed by atoms with Crippen LogP contribution in [0.3, 0.4) is 0 Å². The SMILES string of the molecule is O=C(Cc1ccccc1)NNc1ncnc(Nc2cccc(Cl)c2)c1[N+](=O)[O-]. The second kappa shape index (κ2) is 8.78. The zero-order chi connectivity index (χ0) is 19.9. The average Bonchev–Trinajstić information content (AvgIpc) is 2.67. The van der Waals surface area contributed by atoms with Crippen molar-refractivity contribution in [3.63, 3.8) is 0 Å². The minimum atomic E-state index is -0.640. The molecule has 0 saturated heterocycles. The first kappa shape index (κ1) is 19.1. The van der Waals surface area contributed by atoms with Crippen LogP contribution in [0.2, 0.25) is 5.02 Å². The number of nitrogens with one attached hydrogen (secondary N) is 3. The van der Waals surface area contributed by atoms with Crippen LogP contribution in [0, 0.1) is 10.1 Å². The summed E-state index contributed by atoms with van der Waals surface area (Å²) < 4.78 is 0. The Kier molecular flexibility index (Phi) is 5.97. The van der Waals surface area contributed by atoms with Crippen molar-refractivity contribution in [3.8, 4) is 0 Å². The molecule has 142 valence electrons. The van der Waals surface area contributed by atoms with E-state index in [4.69, 9.17) is 11.6 Å². The topological polar surface area (TPSA) is 122 Å². The number of aromatic nitrogens is 2. The quantitative estimate of drug-likeness (QED) is 0.411. The smallest absolute Gasteiger partial charge is 0.334 e. The largest absolute Gasteiger partial charge is 0.355 e. The van der Waals surface area contributed by atoms with E-state index in [1.807, 2.05) is 18.2 Å². The van der Waals surface area contributed by atoms with Gasteiger partial charge in [0.2, 0.25) is 17.5 Å². The van der Waals surface area contributed by atoms with Gasteiger partial charge in [-0.15, -0.1) is 0 Å². The fourth-order valence-corrected chi connectivity index (χ4v) is 2.58. The molecule has 28 heavy (non-hydrogen) atoms. The molecule has 10 heteroatoms. The number of halogens is 1. The minimum absolute atomic E-state index is 0.0397. The summed E-state index contributed by atoms with van der Waals surface area (Å²) in [6.45, 7) is 0. The fourth-order valence-electron chi connectivity index (χ4n) is 2.39. The monoisotopic (exact) mass is 398 g/mol. The molecule has 0 bridgehead atoms. The van der Waals surface area contributed by atoms with E-state index >= 15 is 0 Å². The molecule has 0 aliphatic carbocycles. The number of carbonyl (C=O) groups is 1. The van der Waals surface area contributed by atoms with E-state index in [9.17, 15) is 14.9 Å². The van der Waals surface area contributed by atoms with Gasteiger partial charge in [0, 0.05) is 10.7 Å². The number of benzene rings is 2. The first-order valence-electron chi connectivity index (χ1n) is 8.13. The molecule has 0 spiro atoms. The highest BCUT2D eigenvalue weighted by molar-refractivity contribution is 6.30. The molecule has 3 N–H and O–H groups in total. The molecule has 0 aliphatic rings. The molecule has 1 aromatic heterocycles. The molecule has 3 aromatic rings. The lowest BCUT2D eigenvalue weighted by atomic mass is 10.1. The summed E-state index contributed by atoms with van der Waals surface area (Å²) in [4.78, 5) is 30.7. The van der Waals surface area contributed by atoms with Gasteiger partial charge >= 0.3 is 5.69 Å². The van der Waals surface area contributed by atoms with E-state index in [-0.39, 0.29) is 24.0 Å². The summed E-state index contributed by atoms with van der Waals surface area (Å²) >= 11 is 5.93. The van der Waals surface area contributed by atoms with Crippen LogP contribution in [0.4, 0.5) is 23.0 Å². The Morgan fingerprint density at radius 1 is 1.07 bits per heavy atom. The number of carbonyl (C=O) groups excluding carboxylic acids is 1. The second-order valence-electron chi connectivity index (χ2n) is 5.65. The lowest BCUT2D eigenvalue weighted by Gasteiger charge is -2.11. The number of amides is 1. The molecule has 0 fully saturated rings. The lowest BCUT2D eigenvalue weighted by Crippen LogP contribution is -2.31. The predicted octanol–water partition coefficient (Wildman–Crippen LogP) is 3.47. The zero-order valence-electron chi connectivity index (χ0n) is 14.4. The Labute approximate surface area is 164 Å². The Morgan fingerprint density at radius 3 is 2.54 bits per heavy atom. The standard InChI is InChI=1S/C18H15ClN6O3/c19-13-7-4-8-14(10-13)22-17-16(25(27)28)18(21-11-20-17)24-23-15(26)9-12-5-2-1-3-6-12/h1-8,10-11H,9H2,(H,23,26)(H2,20,21,22,24). The minimum Gasteiger partial charge on any atom is -0.334 e. The normalized spacial score (nSPS) is 10.2. The van der Waals surface area contributed by atoms with E-state index < -0.39 is 10.6 Å². The highest BCUT2D eigenvalue weighted by Gasteiger charge is 2.23. The lowest BCUT2D eigenvalue weighted by molar-refractivity contribution is -0.383. The van der Waals surface area contributed by atoms with Gasteiger partial charge in [0.05, 0.1) is 11.3 Å². The van der Waals surface area contributed by atoms with Crippen molar-refractivity contribution in [1.82, 2.24) is 15.4 Å². The van der Waals surface area contributed by atoms with Crippen LogP contribution >= 0.6 is 11.6 Å². The van der Waals surface area contributed by atoms with Crippen LogP contribution in [-0.4, -0.2) is 20.8 Å². The third-order valence-corrected chi connectivity index (χ3v) is 3.86. The van der Waals surface area contributed by atoms with Gasteiger partial charge in [0.1, 0.15) is 6.33 Å². The van der Waals surface area contributed by atoms with Gasteiger partial charge < -0.3 is 5.32 Å². The number of hydrogen-bond donors (Lipinski definition) is 3. The zero-order valence-corrected chi connectivity index (χ0v) is 15.2. The summed E-state index contributed by atoms with van der Waals surface area (Å²) in [5, 5.41) is 14.8. The average molecular weight is 399 g/mol. The maximum absolute atomic E-state index is 12.1. The molecule has 0 aliphatic heterocycles. The molecule has 0 atom stereocenters. The van der Waals surface area contributed by atoms with Gasteiger partial charge in [-0.3, -0.25) is 25.8 Å². The number of hydrazine groups is 1. The Balaban J connectivity index is 1.75. The van der Waals surface area contributed by atoms with Crippen LogP contribution in [-0.2, 0) is 11.2 Å². The third-order valence-electron chi connectivity index (χ3n) is 3.62. The summed E-state index contributed by atoms with van der Waals surface area (Å²) in [6.07, 6.45) is 1.26. The summed E-state index contributed by atoms with van der Waals surface area (Å²) in [7, 11) is 0. The van der Waals surface area contributed by atoms with Crippen molar-refractivity contribution in [3.05, 3.63) is 81.6 Å². The summed E-state index contributed by atoms with van der Waals surface area (Å²) in [5.74, 6) is -0.559. The first-order valence-corrected chi connectivity index (χ1v) is 8.51. The Bertz CT molecular complexity index is 1000. The number of anilines is 3. The molecule has 2 aromatic carbocycles. The number of rotatable bonds is 7. The molecule has 0 radical (unpaired) electrons. The summed E-state index contributed by atoms with van der Waals surface area (Å²) in [5.41, 5.74) is 5.82. The number of hydrogen-bond acceptors (Lipinski definition) is 7. The van der Waals surface area contributed by atoms with Crippen molar-refractivity contribution in [2.45, 2.75) is 6.42 Å². The van der Waals surface area contributed by atoms with E-state index in [0.717, 1.165) is 11.9 Å². The van der Waals surface area contributed by atoms with Crippen molar-refractivity contribution in [1.29, 1.82) is 0 Å².